The van der Waals surface area contributed by atoms with Crippen LogP contribution in [0.3, 0.4) is 0 Å². The number of anilines is 1. The number of carboxylic acid groups (broad SMARTS) is 1. The van der Waals surface area contributed by atoms with Crippen molar-refractivity contribution in [3.05, 3.63) is 52.1 Å². The van der Waals surface area contributed by atoms with Crippen molar-refractivity contribution < 1.29 is 68.5 Å². The van der Waals surface area contributed by atoms with Crippen LogP contribution in [0.4, 0.5) is 9.52 Å². The molecular weight excluding hydrogens is 645 g/mol. The third-order valence-corrected chi connectivity index (χ3v) is 9.66. The van der Waals surface area contributed by atoms with Gasteiger partial charge in [-0.25, -0.2) is 9.37 Å². The number of amides is 2. The van der Waals surface area contributed by atoms with Gasteiger partial charge in [0.05, 0.1) is 17.9 Å². The number of thiazole rings is 1. The van der Waals surface area contributed by atoms with E-state index >= 15 is 0 Å². The largest absolute Gasteiger partial charge is 1.00 e. The molecule has 0 saturated carbocycles. The van der Waals surface area contributed by atoms with Gasteiger partial charge in [-0.3, -0.25) is 14.5 Å². The number of nitrogen functional groups attached to an aromatic ring is 1. The molecule has 1 saturated heterocycles. The SMILES string of the molecule is Nc1nc(/C(=N/OCc2cc(O)c(O)c(F)c2)C(=O)NC2C(=O)N3C(C(=O)[O-])=C(CSc4cnns4)CS[C@@H]23)cs1.[Na+]. The average molecular weight is 662 g/mol. The monoisotopic (exact) mass is 661 g/mol. The van der Waals surface area contributed by atoms with Crippen LogP contribution >= 0.6 is 46.4 Å². The number of β-lactam (4-membered cyclic amide) rings is 1. The van der Waals surface area contributed by atoms with Crippen LogP contribution in [0.5, 0.6) is 11.5 Å². The molecule has 2 aliphatic heterocycles. The molecule has 2 aromatic heterocycles. The molecule has 5 N–H and O–H groups in total. The summed E-state index contributed by atoms with van der Waals surface area (Å²) >= 11 is 4.80. The number of phenolic OH excluding ortho intramolecular Hbond substituents is 2. The van der Waals surface area contributed by atoms with Crippen molar-refractivity contribution in [2.24, 2.45) is 5.16 Å². The minimum Gasteiger partial charge on any atom is -0.543 e. The Bertz CT molecular complexity index is 1560. The molecule has 0 spiro atoms. The molecule has 1 unspecified atom stereocenters. The molecule has 2 amide bonds. The summed E-state index contributed by atoms with van der Waals surface area (Å²) in [5.41, 5.74) is 5.74. The topological polar surface area (TPSA) is 216 Å². The molecule has 4 heterocycles. The number of carbonyl (C=O) groups is 3. The second kappa shape index (κ2) is 13.6. The first kappa shape index (κ1) is 32.0. The van der Waals surface area contributed by atoms with Crippen LogP contribution in [-0.4, -0.2) is 76.1 Å². The molecule has 14 nitrogen and oxygen atoms in total. The van der Waals surface area contributed by atoms with Crippen molar-refractivity contribution in [1.82, 2.24) is 24.8 Å². The average Bonchev–Trinajstić information content (AvgIpc) is 3.62. The van der Waals surface area contributed by atoms with Crippen molar-refractivity contribution in [3.8, 4) is 11.5 Å². The van der Waals surface area contributed by atoms with Crippen molar-refractivity contribution in [1.29, 1.82) is 0 Å². The van der Waals surface area contributed by atoms with E-state index in [1.807, 2.05) is 0 Å². The molecule has 0 aliphatic carbocycles. The molecule has 42 heavy (non-hydrogen) atoms. The van der Waals surface area contributed by atoms with E-state index in [-0.39, 0.29) is 68.9 Å². The number of hydrogen-bond donors (Lipinski definition) is 4. The van der Waals surface area contributed by atoms with Gasteiger partial charge in [0.15, 0.2) is 28.2 Å². The van der Waals surface area contributed by atoms with E-state index in [4.69, 9.17) is 10.6 Å². The molecule has 3 aromatic rings. The number of phenols is 2. The van der Waals surface area contributed by atoms with Crippen molar-refractivity contribution >= 4 is 75.0 Å². The van der Waals surface area contributed by atoms with Crippen molar-refractivity contribution in [3.63, 3.8) is 0 Å². The van der Waals surface area contributed by atoms with Crippen LogP contribution in [0.1, 0.15) is 11.3 Å². The van der Waals surface area contributed by atoms with Gasteiger partial charge < -0.3 is 36.0 Å². The Labute approximate surface area is 274 Å². The van der Waals surface area contributed by atoms with Gasteiger partial charge in [-0.1, -0.05) is 9.64 Å². The van der Waals surface area contributed by atoms with E-state index < -0.39 is 53.1 Å². The molecule has 214 valence electrons. The summed E-state index contributed by atoms with van der Waals surface area (Å²) in [4.78, 5) is 48.6. The number of aliphatic carboxylic acids is 1. The Morgan fingerprint density at radius 1 is 1.36 bits per heavy atom. The van der Waals surface area contributed by atoms with Crippen LogP contribution in [0.2, 0.25) is 0 Å². The summed E-state index contributed by atoms with van der Waals surface area (Å²) in [6, 6.07) is 0.891. The molecule has 0 bridgehead atoms. The summed E-state index contributed by atoms with van der Waals surface area (Å²) < 4.78 is 18.3. The normalized spacial score (nSPS) is 18.2. The maximum Gasteiger partial charge on any atom is 1.00 e. The third-order valence-electron chi connectivity index (χ3n) is 5.73. The number of thioether (sulfide) groups is 2. The number of nitrogens with one attached hydrogen (secondary N) is 1. The second-order valence-electron chi connectivity index (χ2n) is 8.36. The zero-order valence-corrected chi connectivity index (χ0v) is 26.6. The smallest absolute Gasteiger partial charge is 0.543 e. The summed E-state index contributed by atoms with van der Waals surface area (Å²) in [7, 11) is 0. The predicted octanol–water partition coefficient (Wildman–Crippen LogP) is -2.75. The molecule has 1 fully saturated rings. The number of hydrogen-bond acceptors (Lipinski definition) is 16. The second-order valence-corrected chi connectivity index (χ2v) is 12.4. The quantitative estimate of drug-likeness (QED) is 0.0433. The number of oxime groups is 1. The van der Waals surface area contributed by atoms with E-state index in [1.54, 1.807) is 6.20 Å². The Morgan fingerprint density at radius 3 is 2.79 bits per heavy atom. The minimum atomic E-state index is -1.50. The molecule has 2 atom stereocenters. The number of carbonyl (C=O) groups excluding carboxylic acids is 3. The van der Waals surface area contributed by atoms with Crippen LogP contribution in [0, 0.1) is 5.82 Å². The molecular formula is C22H17FN7NaO7S4. The third kappa shape index (κ3) is 6.66. The van der Waals surface area contributed by atoms with Gasteiger partial charge in [0.1, 0.15) is 27.9 Å². The number of carboxylic acids is 1. The first-order chi connectivity index (χ1) is 19.6. The minimum absolute atomic E-state index is 0. The maximum atomic E-state index is 13.7. The van der Waals surface area contributed by atoms with Crippen LogP contribution in [-0.2, 0) is 25.8 Å². The Kier molecular flexibility index (Phi) is 10.3. The fraction of sp³-hybridized carbons (Fsp3) is 0.227. The maximum absolute atomic E-state index is 13.7. The Balaban J connectivity index is 0.00000405. The van der Waals surface area contributed by atoms with Crippen molar-refractivity contribution in [2.45, 2.75) is 22.2 Å². The van der Waals surface area contributed by atoms with E-state index in [0.29, 0.717) is 5.57 Å². The summed E-state index contributed by atoms with van der Waals surface area (Å²) in [6.07, 6.45) is 1.55. The van der Waals surface area contributed by atoms with Gasteiger partial charge >= 0.3 is 29.6 Å². The number of nitrogens with zero attached hydrogens (tertiary/aromatic N) is 5. The fourth-order valence-corrected chi connectivity index (χ4v) is 7.32. The van der Waals surface area contributed by atoms with E-state index in [1.165, 1.54) is 28.9 Å². The molecule has 1 aromatic carbocycles. The predicted molar refractivity (Wildman–Crippen MR) is 145 cm³/mol. The number of halogens is 1. The van der Waals surface area contributed by atoms with E-state index in [2.05, 4.69) is 25.0 Å². The first-order valence-electron chi connectivity index (χ1n) is 11.3. The fourth-order valence-electron chi connectivity index (χ4n) is 3.87. The number of rotatable bonds is 10. The number of benzene rings is 1. The standard InChI is InChI=1S/C22H18FN7O7S4.Na/c23-10-1-8(2-12(31)17(10)32)4-37-28-14(11-7-40-22(24)26-11)18(33)27-15-19(34)30-16(21(35)36)9(6-39-20(15)30)5-38-13-3-25-29-41-13;/h1-3,7,15,20,31-32H,4-6H2,(H2,24,26)(H,27,33)(H,35,36);/q;+1/p-1/b28-14-;/t15?,20-;/m0./s1. The molecule has 0 radical (unpaired) electrons. The number of aromatic nitrogens is 3. The first-order valence-corrected chi connectivity index (χ1v) is 15.0. The Morgan fingerprint density at radius 2 is 2.14 bits per heavy atom. The van der Waals surface area contributed by atoms with Gasteiger partial charge in [-0.2, -0.15) is 0 Å². The molecule has 2 aliphatic rings. The molecule has 5 rings (SSSR count). The van der Waals surface area contributed by atoms with E-state index in [0.717, 1.165) is 44.1 Å². The van der Waals surface area contributed by atoms with Gasteiger partial charge in [-0.15, -0.1) is 40.0 Å². The number of aromatic hydroxyl groups is 2. The zero-order valence-electron chi connectivity index (χ0n) is 21.3. The van der Waals surface area contributed by atoms with E-state index in [9.17, 15) is 34.1 Å². The zero-order chi connectivity index (χ0) is 29.3. The van der Waals surface area contributed by atoms with Gasteiger partial charge in [0, 0.05) is 16.9 Å². The van der Waals surface area contributed by atoms with Gasteiger partial charge in [-0.05, 0) is 34.8 Å². The summed E-state index contributed by atoms with van der Waals surface area (Å²) in [6.45, 7) is -0.395. The van der Waals surface area contributed by atoms with Crippen LogP contribution in [0.25, 0.3) is 0 Å². The summed E-state index contributed by atoms with van der Waals surface area (Å²) in [5, 5.41) is 41.9. The van der Waals surface area contributed by atoms with Gasteiger partial charge in [0.25, 0.3) is 11.8 Å². The van der Waals surface area contributed by atoms with Crippen LogP contribution < -0.4 is 45.7 Å². The summed E-state index contributed by atoms with van der Waals surface area (Å²) in [5.74, 6) is -5.14. The number of fused-ring (bicyclic) bond motifs is 1. The number of nitrogens with two attached hydrogens (primary N) is 1. The molecule has 20 heteroatoms. The van der Waals surface area contributed by atoms with Crippen molar-refractivity contribution in [2.75, 3.05) is 17.2 Å². The Hall–Kier alpha value is -2.94. The van der Waals surface area contributed by atoms with Gasteiger partial charge in [0.2, 0.25) is 0 Å². The van der Waals surface area contributed by atoms with Crippen LogP contribution in [0.15, 0.2) is 44.3 Å².